The fourth-order valence-corrected chi connectivity index (χ4v) is 2.99. The number of nitrogens with two attached hydrogens (primary N) is 1. The maximum atomic E-state index is 12.5. The third-order valence-corrected chi connectivity index (χ3v) is 4.21. The van der Waals surface area contributed by atoms with Crippen molar-refractivity contribution in [3.8, 4) is 0 Å². The van der Waals surface area contributed by atoms with Gasteiger partial charge in [0.2, 0.25) is 5.91 Å². The van der Waals surface area contributed by atoms with Crippen LogP contribution in [0.3, 0.4) is 0 Å². The Hall–Kier alpha value is -1.88. The number of carbonyl (C=O) groups excluding carboxylic acids is 2. The molecule has 1 aromatic carbocycles. The molecule has 2 atom stereocenters. The van der Waals surface area contributed by atoms with Gasteiger partial charge < -0.3 is 16.4 Å². The topological polar surface area (TPSA) is 84.2 Å². The highest BCUT2D eigenvalue weighted by atomic mass is 16.2. The minimum Gasteiger partial charge on any atom is -0.355 e. The van der Waals surface area contributed by atoms with Crippen molar-refractivity contribution < 1.29 is 9.59 Å². The van der Waals surface area contributed by atoms with Crippen molar-refractivity contribution in [2.45, 2.75) is 25.7 Å². The van der Waals surface area contributed by atoms with Crippen molar-refractivity contribution in [2.75, 3.05) is 18.9 Å². The molecule has 1 aliphatic rings. The van der Waals surface area contributed by atoms with Gasteiger partial charge in [0.25, 0.3) is 5.91 Å². The number of nitrogens with one attached hydrogen (secondary N) is 2. The second-order valence-electron chi connectivity index (χ2n) is 5.50. The van der Waals surface area contributed by atoms with E-state index < -0.39 is 0 Å². The van der Waals surface area contributed by atoms with Crippen LogP contribution in [0.15, 0.2) is 24.3 Å². The summed E-state index contributed by atoms with van der Waals surface area (Å²) in [7, 11) is 1.58. The Morgan fingerprint density at radius 3 is 2.67 bits per heavy atom. The van der Waals surface area contributed by atoms with Crippen LogP contribution in [0, 0.1) is 11.8 Å². The zero-order chi connectivity index (χ0) is 15.2. The molecule has 0 bridgehead atoms. The van der Waals surface area contributed by atoms with Crippen molar-refractivity contribution in [2.24, 2.45) is 17.6 Å². The summed E-state index contributed by atoms with van der Waals surface area (Å²) in [5.41, 5.74) is 6.82. The Kier molecular flexibility index (Phi) is 5.33. The summed E-state index contributed by atoms with van der Waals surface area (Å²) < 4.78 is 0. The molecular formula is C16H23N3O2. The molecule has 2 unspecified atom stereocenters. The second kappa shape index (κ2) is 7.22. The van der Waals surface area contributed by atoms with E-state index in [1.165, 1.54) is 0 Å². The van der Waals surface area contributed by atoms with E-state index in [1.54, 1.807) is 25.2 Å². The van der Waals surface area contributed by atoms with E-state index in [2.05, 4.69) is 10.6 Å². The first kappa shape index (κ1) is 15.5. The number of carbonyl (C=O) groups is 2. The van der Waals surface area contributed by atoms with Gasteiger partial charge in [-0.25, -0.2) is 0 Å². The van der Waals surface area contributed by atoms with E-state index in [4.69, 9.17) is 5.73 Å². The molecule has 0 spiro atoms. The normalized spacial score (nSPS) is 21.6. The van der Waals surface area contributed by atoms with Gasteiger partial charge in [-0.2, -0.15) is 0 Å². The monoisotopic (exact) mass is 289 g/mol. The third-order valence-electron chi connectivity index (χ3n) is 4.21. The smallest absolute Gasteiger partial charge is 0.253 e. The molecule has 2 rings (SSSR count). The lowest BCUT2D eigenvalue weighted by Crippen LogP contribution is -2.36. The van der Waals surface area contributed by atoms with E-state index >= 15 is 0 Å². The van der Waals surface area contributed by atoms with Gasteiger partial charge in [0, 0.05) is 13.0 Å². The van der Waals surface area contributed by atoms with Crippen molar-refractivity contribution in [3.05, 3.63) is 29.8 Å². The van der Waals surface area contributed by atoms with Crippen LogP contribution in [-0.2, 0) is 4.79 Å². The summed E-state index contributed by atoms with van der Waals surface area (Å²) in [6, 6.07) is 7.05. The highest BCUT2D eigenvalue weighted by molar-refractivity contribution is 6.04. The first-order valence-corrected chi connectivity index (χ1v) is 7.49. The van der Waals surface area contributed by atoms with E-state index in [0.717, 1.165) is 25.7 Å². The quantitative estimate of drug-likeness (QED) is 0.789. The van der Waals surface area contributed by atoms with E-state index in [-0.39, 0.29) is 23.7 Å². The number of anilines is 1. The fraction of sp³-hybridized carbons (Fsp3) is 0.500. The molecule has 1 aromatic rings. The van der Waals surface area contributed by atoms with E-state index in [1.807, 2.05) is 6.07 Å². The maximum Gasteiger partial charge on any atom is 0.253 e. The molecule has 0 heterocycles. The van der Waals surface area contributed by atoms with Crippen LogP contribution < -0.4 is 16.4 Å². The zero-order valence-corrected chi connectivity index (χ0v) is 12.4. The molecule has 1 fully saturated rings. The van der Waals surface area contributed by atoms with Gasteiger partial charge in [0.15, 0.2) is 0 Å². The molecule has 1 saturated carbocycles. The number of benzene rings is 1. The Balaban J connectivity index is 2.14. The predicted molar refractivity (Wildman–Crippen MR) is 83.0 cm³/mol. The van der Waals surface area contributed by atoms with Crippen molar-refractivity contribution in [1.82, 2.24) is 5.32 Å². The Morgan fingerprint density at radius 2 is 1.95 bits per heavy atom. The molecule has 4 N–H and O–H groups in total. The summed E-state index contributed by atoms with van der Waals surface area (Å²) in [6.07, 6.45) is 4.08. The van der Waals surface area contributed by atoms with Crippen LogP contribution in [0.4, 0.5) is 5.69 Å². The van der Waals surface area contributed by atoms with Gasteiger partial charge in [0.05, 0.1) is 11.3 Å². The lowest BCUT2D eigenvalue weighted by atomic mass is 9.78. The summed E-state index contributed by atoms with van der Waals surface area (Å²) in [4.78, 5) is 24.3. The molecule has 5 nitrogen and oxygen atoms in total. The number of hydrogen-bond donors (Lipinski definition) is 3. The second-order valence-corrected chi connectivity index (χ2v) is 5.50. The number of para-hydroxylation sites is 1. The maximum absolute atomic E-state index is 12.5. The van der Waals surface area contributed by atoms with E-state index in [9.17, 15) is 9.59 Å². The molecule has 0 aliphatic heterocycles. The van der Waals surface area contributed by atoms with Gasteiger partial charge in [-0.05, 0) is 37.4 Å². The van der Waals surface area contributed by atoms with Gasteiger partial charge in [-0.1, -0.05) is 25.0 Å². The highest BCUT2D eigenvalue weighted by Crippen LogP contribution is 2.30. The summed E-state index contributed by atoms with van der Waals surface area (Å²) in [5, 5.41) is 5.49. The lowest BCUT2D eigenvalue weighted by molar-refractivity contribution is -0.122. The van der Waals surface area contributed by atoms with E-state index in [0.29, 0.717) is 17.8 Å². The van der Waals surface area contributed by atoms with Crippen LogP contribution in [0.5, 0.6) is 0 Å². The molecule has 5 heteroatoms. The van der Waals surface area contributed by atoms with Crippen molar-refractivity contribution in [3.63, 3.8) is 0 Å². The van der Waals surface area contributed by atoms with Crippen LogP contribution in [0.25, 0.3) is 0 Å². The molecular weight excluding hydrogens is 266 g/mol. The van der Waals surface area contributed by atoms with Gasteiger partial charge in [0.1, 0.15) is 0 Å². The standard InChI is InChI=1S/C16H23N3O2/c1-18-15(20)13-8-4-5-9-14(13)19-16(21)12-7-3-2-6-11(12)10-17/h4-5,8-9,11-12H,2-3,6-7,10,17H2,1H3,(H,18,20)(H,19,21). The lowest BCUT2D eigenvalue weighted by Gasteiger charge is -2.29. The summed E-state index contributed by atoms with van der Waals surface area (Å²) in [5.74, 6) is -0.0428. The SMILES string of the molecule is CNC(=O)c1ccccc1NC(=O)C1CCCCC1CN. The van der Waals surface area contributed by atoms with Crippen LogP contribution in [0.1, 0.15) is 36.0 Å². The Morgan fingerprint density at radius 1 is 1.24 bits per heavy atom. The molecule has 0 radical (unpaired) electrons. The minimum absolute atomic E-state index is 0.0264. The average Bonchev–Trinajstić information content (AvgIpc) is 2.54. The number of amides is 2. The number of rotatable bonds is 4. The largest absolute Gasteiger partial charge is 0.355 e. The average molecular weight is 289 g/mol. The highest BCUT2D eigenvalue weighted by Gasteiger charge is 2.30. The van der Waals surface area contributed by atoms with Crippen LogP contribution in [-0.4, -0.2) is 25.4 Å². The van der Waals surface area contributed by atoms with Gasteiger partial charge in [-0.15, -0.1) is 0 Å². The first-order valence-electron chi connectivity index (χ1n) is 7.49. The number of hydrogen-bond acceptors (Lipinski definition) is 3. The Bertz CT molecular complexity index is 516. The molecule has 114 valence electrons. The predicted octanol–water partition coefficient (Wildman–Crippen LogP) is 1.75. The van der Waals surface area contributed by atoms with Crippen molar-refractivity contribution >= 4 is 17.5 Å². The summed E-state index contributed by atoms with van der Waals surface area (Å²) >= 11 is 0. The first-order chi connectivity index (χ1) is 10.2. The molecule has 0 aromatic heterocycles. The summed E-state index contributed by atoms with van der Waals surface area (Å²) in [6.45, 7) is 0.537. The molecule has 0 saturated heterocycles. The minimum atomic E-state index is -0.204. The Labute approximate surface area is 125 Å². The third kappa shape index (κ3) is 3.61. The zero-order valence-electron chi connectivity index (χ0n) is 12.4. The molecule has 2 amide bonds. The van der Waals surface area contributed by atoms with Gasteiger partial charge >= 0.3 is 0 Å². The van der Waals surface area contributed by atoms with Crippen LogP contribution >= 0.6 is 0 Å². The fourth-order valence-electron chi connectivity index (χ4n) is 2.99. The van der Waals surface area contributed by atoms with Gasteiger partial charge in [-0.3, -0.25) is 9.59 Å². The van der Waals surface area contributed by atoms with Crippen molar-refractivity contribution in [1.29, 1.82) is 0 Å². The molecule has 1 aliphatic carbocycles. The van der Waals surface area contributed by atoms with Crippen LogP contribution in [0.2, 0.25) is 0 Å². The molecule has 21 heavy (non-hydrogen) atoms.